The molecule has 0 spiro atoms. The van der Waals surface area contributed by atoms with Gasteiger partial charge in [-0.05, 0) is 63.0 Å². The van der Waals surface area contributed by atoms with Gasteiger partial charge < -0.3 is 10.2 Å². The molecule has 1 aromatic rings. The van der Waals surface area contributed by atoms with Gasteiger partial charge in [0.1, 0.15) is 5.82 Å². The molecule has 2 rings (SSSR count). The standard InChI is InChI=1S/C16H24BrFN2/c1-12(11-20-7-3-4-8-20)10-19-13(2)15-6-5-14(18)9-16(15)17/h5-6,9,12-13,19H,3-4,7-8,10-11H2,1-2H3. The average Bonchev–Trinajstić information content (AvgIpc) is 2.89. The molecule has 0 aromatic heterocycles. The lowest BCUT2D eigenvalue weighted by molar-refractivity contribution is 0.279. The van der Waals surface area contributed by atoms with Crippen molar-refractivity contribution in [2.24, 2.45) is 5.92 Å². The fourth-order valence-electron chi connectivity index (χ4n) is 2.81. The maximum Gasteiger partial charge on any atom is 0.124 e. The van der Waals surface area contributed by atoms with Crippen LogP contribution in [0.3, 0.4) is 0 Å². The number of nitrogens with one attached hydrogen (secondary N) is 1. The second-order valence-electron chi connectivity index (χ2n) is 5.91. The summed E-state index contributed by atoms with van der Waals surface area (Å²) in [6.07, 6.45) is 2.69. The number of nitrogens with zero attached hydrogens (tertiary/aromatic N) is 1. The van der Waals surface area contributed by atoms with Crippen LogP contribution < -0.4 is 5.32 Å². The zero-order valence-electron chi connectivity index (χ0n) is 12.3. The van der Waals surface area contributed by atoms with Crippen LogP contribution in [0.2, 0.25) is 0 Å². The summed E-state index contributed by atoms with van der Waals surface area (Å²) in [4.78, 5) is 2.55. The molecule has 0 saturated carbocycles. The molecule has 2 atom stereocenters. The van der Waals surface area contributed by atoms with Crippen molar-refractivity contribution in [3.8, 4) is 0 Å². The Morgan fingerprint density at radius 3 is 2.65 bits per heavy atom. The van der Waals surface area contributed by atoms with Gasteiger partial charge in [0.2, 0.25) is 0 Å². The van der Waals surface area contributed by atoms with Crippen molar-refractivity contribution in [2.45, 2.75) is 32.7 Å². The van der Waals surface area contributed by atoms with Gasteiger partial charge in [-0.1, -0.05) is 28.9 Å². The van der Waals surface area contributed by atoms with Crippen molar-refractivity contribution in [3.63, 3.8) is 0 Å². The molecule has 1 aromatic carbocycles. The van der Waals surface area contributed by atoms with Gasteiger partial charge in [0.15, 0.2) is 0 Å². The van der Waals surface area contributed by atoms with E-state index in [2.05, 4.69) is 40.0 Å². The normalized spacial score (nSPS) is 19.2. The Kier molecular flexibility index (Phi) is 6.00. The summed E-state index contributed by atoms with van der Waals surface area (Å²) in [7, 11) is 0. The first-order chi connectivity index (χ1) is 9.56. The molecule has 0 radical (unpaired) electrons. The number of halogens is 2. The van der Waals surface area contributed by atoms with Crippen molar-refractivity contribution in [2.75, 3.05) is 26.2 Å². The van der Waals surface area contributed by atoms with Crippen LogP contribution in [0.25, 0.3) is 0 Å². The summed E-state index contributed by atoms with van der Waals surface area (Å²) >= 11 is 3.44. The molecular weight excluding hydrogens is 319 g/mol. The number of benzene rings is 1. The summed E-state index contributed by atoms with van der Waals surface area (Å²) in [5.74, 6) is 0.435. The number of hydrogen-bond donors (Lipinski definition) is 1. The van der Waals surface area contributed by atoms with E-state index < -0.39 is 0 Å². The summed E-state index contributed by atoms with van der Waals surface area (Å²) < 4.78 is 13.9. The Labute approximate surface area is 129 Å². The van der Waals surface area contributed by atoms with E-state index in [4.69, 9.17) is 0 Å². The van der Waals surface area contributed by atoms with Crippen molar-refractivity contribution in [1.82, 2.24) is 10.2 Å². The fraction of sp³-hybridized carbons (Fsp3) is 0.625. The van der Waals surface area contributed by atoms with E-state index in [-0.39, 0.29) is 11.9 Å². The Morgan fingerprint density at radius 2 is 2.00 bits per heavy atom. The molecule has 1 fully saturated rings. The Morgan fingerprint density at radius 1 is 1.30 bits per heavy atom. The van der Waals surface area contributed by atoms with Gasteiger partial charge in [0.05, 0.1) is 0 Å². The molecule has 2 unspecified atom stereocenters. The van der Waals surface area contributed by atoms with Gasteiger partial charge in [0, 0.05) is 17.1 Å². The summed E-state index contributed by atoms with van der Waals surface area (Å²) in [6, 6.07) is 5.13. The lowest BCUT2D eigenvalue weighted by atomic mass is 10.1. The first-order valence-corrected chi connectivity index (χ1v) is 8.26. The molecule has 1 aliphatic heterocycles. The first-order valence-electron chi connectivity index (χ1n) is 7.47. The summed E-state index contributed by atoms with van der Waals surface area (Å²) in [6.45, 7) is 9.08. The lowest BCUT2D eigenvalue weighted by Crippen LogP contribution is -2.32. The molecule has 0 aliphatic carbocycles. The molecule has 2 nitrogen and oxygen atoms in total. The molecular formula is C16H24BrFN2. The largest absolute Gasteiger partial charge is 0.310 e. The smallest absolute Gasteiger partial charge is 0.124 e. The average molecular weight is 343 g/mol. The van der Waals surface area contributed by atoms with Crippen LogP contribution >= 0.6 is 15.9 Å². The highest BCUT2D eigenvalue weighted by molar-refractivity contribution is 9.10. The molecule has 112 valence electrons. The molecule has 1 heterocycles. The minimum Gasteiger partial charge on any atom is -0.310 e. The quantitative estimate of drug-likeness (QED) is 0.841. The van der Waals surface area contributed by atoms with E-state index in [1.54, 1.807) is 0 Å². The van der Waals surface area contributed by atoms with Gasteiger partial charge in [-0.15, -0.1) is 0 Å². The lowest BCUT2D eigenvalue weighted by Gasteiger charge is -2.23. The highest BCUT2D eigenvalue weighted by atomic mass is 79.9. The summed E-state index contributed by atoms with van der Waals surface area (Å²) in [5.41, 5.74) is 1.11. The van der Waals surface area contributed by atoms with Crippen LogP contribution in [0.5, 0.6) is 0 Å². The van der Waals surface area contributed by atoms with E-state index in [9.17, 15) is 4.39 Å². The van der Waals surface area contributed by atoms with Gasteiger partial charge in [-0.3, -0.25) is 0 Å². The van der Waals surface area contributed by atoms with Crippen molar-refractivity contribution in [3.05, 3.63) is 34.1 Å². The van der Waals surface area contributed by atoms with E-state index in [0.29, 0.717) is 5.92 Å². The van der Waals surface area contributed by atoms with Crippen molar-refractivity contribution in [1.29, 1.82) is 0 Å². The van der Waals surface area contributed by atoms with E-state index >= 15 is 0 Å². The third-order valence-corrected chi connectivity index (χ3v) is 4.66. The SMILES string of the molecule is CC(CNC(C)c1ccc(F)cc1Br)CN1CCCC1. The maximum absolute atomic E-state index is 13.1. The number of likely N-dealkylation sites (tertiary alicyclic amines) is 1. The third-order valence-electron chi connectivity index (χ3n) is 3.97. The predicted octanol–water partition coefficient (Wildman–Crippen LogP) is 3.97. The van der Waals surface area contributed by atoms with Crippen LogP contribution in [0.15, 0.2) is 22.7 Å². The molecule has 4 heteroatoms. The van der Waals surface area contributed by atoms with E-state index in [0.717, 1.165) is 16.6 Å². The summed E-state index contributed by atoms with van der Waals surface area (Å²) in [5, 5.41) is 3.55. The first kappa shape index (κ1) is 15.9. The van der Waals surface area contributed by atoms with E-state index in [1.807, 2.05) is 6.07 Å². The Bertz CT molecular complexity index is 432. The Hall–Kier alpha value is -0.450. The molecule has 1 aliphatic rings. The van der Waals surface area contributed by atoms with Gasteiger partial charge >= 0.3 is 0 Å². The number of hydrogen-bond acceptors (Lipinski definition) is 2. The van der Waals surface area contributed by atoms with Gasteiger partial charge in [-0.25, -0.2) is 4.39 Å². The molecule has 1 saturated heterocycles. The molecule has 0 amide bonds. The zero-order chi connectivity index (χ0) is 14.5. The highest BCUT2D eigenvalue weighted by Crippen LogP contribution is 2.24. The van der Waals surface area contributed by atoms with Crippen LogP contribution in [0, 0.1) is 11.7 Å². The van der Waals surface area contributed by atoms with Crippen LogP contribution in [0.4, 0.5) is 4.39 Å². The van der Waals surface area contributed by atoms with Crippen LogP contribution in [-0.4, -0.2) is 31.1 Å². The van der Waals surface area contributed by atoms with E-state index in [1.165, 1.54) is 44.6 Å². The van der Waals surface area contributed by atoms with Crippen molar-refractivity contribution < 1.29 is 4.39 Å². The van der Waals surface area contributed by atoms with Crippen LogP contribution in [-0.2, 0) is 0 Å². The highest BCUT2D eigenvalue weighted by Gasteiger charge is 2.16. The third kappa shape index (κ3) is 4.54. The van der Waals surface area contributed by atoms with Crippen LogP contribution in [0.1, 0.15) is 38.3 Å². The molecule has 0 bridgehead atoms. The zero-order valence-corrected chi connectivity index (χ0v) is 13.9. The fourth-order valence-corrected chi connectivity index (χ4v) is 3.51. The van der Waals surface area contributed by atoms with Crippen molar-refractivity contribution >= 4 is 15.9 Å². The number of rotatable bonds is 6. The van der Waals surface area contributed by atoms with Gasteiger partial charge in [0.25, 0.3) is 0 Å². The minimum absolute atomic E-state index is 0.199. The maximum atomic E-state index is 13.1. The second kappa shape index (κ2) is 7.53. The predicted molar refractivity (Wildman–Crippen MR) is 85.4 cm³/mol. The Balaban J connectivity index is 1.80. The van der Waals surface area contributed by atoms with Gasteiger partial charge in [-0.2, -0.15) is 0 Å². The molecule has 1 N–H and O–H groups in total. The topological polar surface area (TPSA) is 15.3 Å². The second-order valence-corrected chi connectivity index (χ2v) is 6.76. The monoisotopic (exact) mass is 342 g/mol. The minimum atomic E-state index is -0.199. The molecule has 20 heavy (non-hydrogen) atoms.